The molecule has 1 aromatic heterocycles. The first-order chi connectivity index (χ1) is 14.2. The molecule has 2 aromatic carbocycles. The number of hydrogen-bond acceptors (Lipinski definition) is 4. The van der Waals surface area contributed by atoms with Crippen LogP contribution in [0.15, 0.2) is 59.8 Å². The van der Waals surface area contributed by atoms with E-state index in [2.05, 4.69) is 22.3 Å². The molecule has 7 heteroatoms. The molecule has 1 fully saturated rings. The number of halogens is 1. The second kappa shape index (κ2) is 9.46. The molecule has 0 N–H and O–H groups in total. The Kier molecular flexibility index (Phi) is 6.52. The summed E-state index contributed by atoms with van der Waals surface area (Å²) in [7, 11) is 0. The third-order valence-electron chi connectivity index (χ3n) is 5.05. The van der Waals surface area contributed by atoms with E-state index >= 15 is 0 Å². The van der Waals surface area contributed by atoms with Crippen LogP contribution in [0.2, 0.25) is 5.02 Å². The largest absolute Gasteiger partial charge is 0.342 e. The van der Waals surface area contributed by atoms with Crippen LogP contribution in [0, 0.1) is 0 Å². The van der Waals surface area contributed by atoms with E-state index in [4.69, 9.17) is 11.6 Å². The van der Waals surface area contributed by atoms with E-state index in [0.717, 1.165) is 42.2 Å². The number of carbonyl (C=O) groups is 1. The maximum atomic E-state index is 12.6. The Morgan fingerprint density at radius 2 is 1.69 bits per heavy atom. The Morgan fingerprint density at radius 3 is 2.45 bits per heavy atom. The summed E-state index contributed by atoms with van der Waals surface area (Å²) in [6.07, 6.45) is 3.40. The molecule has 5 nitrogen and oxygen atoms in total. The molecule has 29 heavy (non-hydrogen) atoms. The van der Waals surface area contributed by atoms with Gasteiger partial charge in [0, 0.05) is 18.7 Å². The molecule has 2 heterocycles. The highest BCUT2D eigenvalue weighted by Gasteiger charge is 2.20. The maximum absolute atomic E-state index is 12.6. The van der Waals surface area contributed by atoms with Crippen molar-refractivity contribution in [1.82, 2.24) is 19.7 Å². The molecule has 1 amide bonds. The zero-order valence-corrected chi connectivity index (χ0v) is 17.7. The average Bonchev–Trinajstić information content (AvgIpc) is 3.16. The number of hydrogen-bond donors (Lipinski definition) is 0. The van der Waals surface area contributed by atoms with Gasteiger partial charge in [-0.1, -0.05) is 65.8 Å². The maximum Gasteiger partial charge on any atom is 0.233 e. The van der Waals surface area contributed by atoms with Gasteiger partial charge in [-0.05, 0) is 37.0 Å². The molecule has 150 valence electrons. The lowest BCUT2D eigenvalue weighted by molar-refractivity contribution is -0.129. The van der Waals surface area contributed by atoms with Crippen LogP contribution in [0.25, 0.3) is 11.4 Å². The molecule has 1 aliphatic heterocycles. The van der Waals surface area contributed by atoms with Crippen molar-refractivity contribution in [3.63, 3.8) is 0 Å². The van der Waals surface area contributed by atoms with Gasteiger partial charge in [0.15, 0.2) is 11.0 Å². The third kappa shape index (κ3) is 4.82. The summed E-state index contributed by atoms with van der Waals surface area (Å²) >= 11 is 7.87. The lowest BCUT2D eigenvalue weighted by Gasteiger charge is -2.26. The van der Waals surface area contributed by atoms with Crippen LogP contribution < -0.4 is 0 Å². The van der Waals surface area contributed by atoms with Gasteiger partial charge in [0.1, 0.15) is 0 Å². The van der Waals surface area contributed by atoms with Gasteiger partial charge in [0.2, 0.25) is 5.91 Å². The Hall–Kier alpha value is -2.31. The van der Waals surface area contributed by atoms with Crippen LogP contribution in [-0.4, -0.2) is 44.4 Å². The molecule has 0 bridgehead atoms. The number of aromatic nitrogens is 3. The lowest BCUT2D eigenvalue weighted by atomic mass is 10.1. The normalized spacial score (nSPS) is 14.2. The molecule has 0 radical (unpaired) electrons. The summed E-state index contributed by atoms with van der Waals surface area (Å²) in [5, 5.41) is 10.2. The first-order valence-corrected chi connectivity index (χ1v) is 11.2. The monoisotopic (exact) mass is 426 g/mol. The number of rotatable bonds is 6. The van der Waals surface area contributed by atoms with Gasteiger partial charge < -0.3 is 4.90 Å². The molecule has 3 aromatic rings. The summed E-state index contributed by atoms with van der Waals surface area (Å²) in [5.41, 5.74) is 1.98. The number of nitrogens with zero attached hydrogens (tertiary/aromatic N) is 4. The summed E-state index contributed by atoms with van der Waals surface area (Å²) in [4.78, 5) is 14.6. The van der Waals surface area contributed by atoms with E-state index in [9.17, 15) is 4.79 Å². The van der Waals surface area contributed by atoms with Crippen LogP contribution in [-0.2, 0) is 11.3 Å². The van der Waals surface area contributed by atoms with Gasteiger partial charge in [-0.3, -0.25) is 9.36 Å². The molecule has 0 atom stereocenters. The Morgan fingerprint density at radius 1 is 0.966 bits per heavy atom. The quantitative estimate of drug-likeness (QED) is 0.533. The second-order valence-electron chi connectivity index (χ2n) is 7.09. The first kappa shape index (κ1) is 20.0. The average molecular weight is 427 g/mol. The lowest BCUT2D eigenvalue weighted by Crippen LogP contribution is -2.36. The van der Waals surface area contributed by atoms with Crippen LogP contribution in [0.1, 0.15) is 24.8 Å². The van der Waals surface area contributed by atoms with Crippen molar-refractivity contribution in [3.05, 3.63) is 65.2 Å². The topological polar surface area (TPSA) is 51.0 Å². The zero-order chi connectivity index (χ0) is 20.1. The molecule has 0 aliphatic carbocycles. The molecule has 4 rings (SSSR count). The number of thioether (sulfide) groups is 1. The molecular weight excluding hydrogens is 404 g/mol. The van der Waals surface area contributed by atoms with E-state index in [0.29, 0.717) is 23.1 Å². The molecule has 0 spiro atoms. The number of piperidine rings is 1. The highest BCUT2D eigenvalue weighted by atomic mass is 35.5. The van der Waals surface area contributed by atoms with Gasteiger partial charge in [-0.15, -0.1) is 10.2 Å². The van der Waals surface area contributed by atoms with Crippen molar-refractivity contribution in [2.75, 3.05) is 18.8 Å². The van der Waals surface area contributed by atoms with E-state index < -0.39 is 0 Å². The predicted octanol–water partition coefficient (Wildman–Crippen LogP) is 4.75. The molecule has 0 unspecified atom stereocenters. The van der Waals surface area contributed by atoms with Crippen LogP contribution >= 0.6 is 23.4 Å². The van der Waals surface area contributed by atoms with Crippen molar-refractivity contribution < 1.29 is 4.79 Å². The standard InChI is InChI=1S/C22H23ClN4OS/c23-19-12-6-5-11-18(19)21-24-25-22(27(21)15-17-9-3-1-4-10-17)29-16-20(28)26-13-7-2-8-14-26/h1,3-6,9-12H,2,7-8,13-16H2. The van der Waals surface area contributed by atoms with Gasteiger partial charge in [0.05, 0.1) is 17.3 Å². The molecule has 1 saturated heterocycles. The summed E-state index contributed by atoms with van der Waals surface area (Å²) in [6.45, 7) is 2.34. The molecule has 1 aliphatic rings. The summed E-state index contributed by atoms with van der Waals surface area (Å²) < 4.78 is 2.05. The van der Waals surface area contributed by atoms with Crippen LogP contribution in [0.3, 0.4) is 0 Å². The van der Waals surface area contributed by atoms with E-state index in [-0.39, 0.29) is 5.91 Å². The highest BCUT2D eigenvalue weighted by Crippen LogP contribution is 2.30. The Labute approximate surface area is 180 Å². The zero-order valence-electron chi connectivity index (χ0n) is 16.1. The Balaban J connectivity index is 1.59. The van der Waals surface area contributed by atoms with E-state index in [1.165, 1.54) is 18.2 Å². The minimum absolute atomic E-state index is 0.170. The van der Waals surface area contributed by atoms with Gasteiger partial charge in [0.25, 0.3) is 0 Å². The fourth-order valence-corrected chi connectivity index (χ4v) is 4.57. The second-order valence-corrected chi connectivity index (χ2v) is 8.44. The Bertz CT molecular complexity index is 970. The van der Waals surface area contributed by atoms with Gasteiger partial charge in [-0.25, -0.2) is 0 Å². The van der Waals surface area contributed by atoms with Crippen molar-refractivity contribution >= 4 is 29.3 Å². The van der Waals surface area contributed by atoms with Gasteiger partial charge in [-0.2, -0.15) is 0 Å². The molecule has 0 saturated carbocycles. The highest BCUT2D eigenvalue weighted by molar-refractivity contribution is 7.99. The fourth-order valence-electron chi connectivity index (χ4n) is 3.51. The van der Waals surface area contributed by atoms with Crippen molar-refractivity contribution in [3.8, 4) is 11.4 Å². The summed E-state index contributed by atoms with van der Waals surface area (Å²) in [6, 6.07) is 17.8. The van der Waals surface area contributed by atoms with Crippen LogP contribution in [0.4, 0.5) is 0 Å². The van der Waals surface area contributed by atoms with E-state index in [1.54, 1.807) is 0 Å². The fraction of sp³-hybridized carbons (Fsp3) is 0.318. The van der Waals surface area contributed by atoms with Crippen molar-refractivity contribution in [2.24, 2.45) is 0 Å². The van der Waals surface area contributed by atoms with Crippen molar-refractivity contribution in [1.29, 1.82) is 0 Å². The first-order valence-electron chi connectivity index (χ1n) is 9.85. The third-order valence-corrected chi connectivity index (χ3v) is 6.33. The SMILES string of the molecule is O=C(CSc1nnc(-c2ccccc2Cl)n1Cc1ccccc1)N1CCCCC1. The number of amides is 1. The van der Waals surface area contributed by atoms with E-state index in [1.807, 2.05) is 51.9 Å². The van der Waals surface area contributed by atoms with Crippen molar-refractivity contribution in [2.45, 2.75) is 31.0 Å². The van der Waals surface area contributed by atoms with Gasteiger partial charge >= 0.3 is 0 Å². The van der Waals surface area contributed by atoms with Crippen LogP contribution in [0.5, 0.6) is 0 Å². The smallest absolute Gasteiger partial charge is 0.233 e. The summed E-state index contributed by atoms with van der Waals surface area (Å²) in [5.74, 6) is 1.26. The predicted molar refractivity (Wildman–Crippen MR) is 117 cm³/mol. The molecular formula is C22H23ClN4OS. The minimum Gasteiger partial charge on any atom is -0.342 e. The minimum atomic E-state index is 0.170. The number of likely N-dealkylation sites (tertiary alicyclic amines) is 1. The number of carbonyl (C=O) groups excluding carboxylic acids is 1. The number of benzene rings is 2.